The molecule has 1 fully saturated rings. The van der Waals surface area contributed by atoms with Gasteiger partial charge in [0.25, 0.3) is 0 Å². The van der Waals surface area contributed by atoms with Crippen LogP contribution in [-0.2, 0) is 9.47 Å². The number of rotatable bonds is 3. The molecule has 0 amide bonds. The maximum atomic E-state index is 5.91. The van der Waals surface area contributed by atoms with Crippen LogP contribution in [0.5, 0.6) is 5.75 Å². The zero-order valence-corrected chi connectivity index (χ0v) is 10.7. The molecule has 1 aliphatic heterocycles. The summed E-state index contributed by atoms with van der Waals surface area (Å²) < 4.78 is 17.0. The Morgan fingerprint density at radius 2 is 2.18 bits per heavy atom. The molecule has 1 aromatic rings. The summed E-state index contributed by atoms with van der Waals surface area (Å²) in [5.74, 6) is 0.834. The molecular weight excluding hydrogens is 216 g/mol. The Hall–Kier alpha value is -1.06. The van der Waals surface area contributed by atoms with E-state index in [1.165, 1.54) is 0 Å². The van der Waals surface area contributed by atoms with Crippen molar-refractivity contribution in [3.05, 3.63) is 29.8 Å². The summed E-state index contributed by atoms with van der Waals surface area (Å²) in [5, 5.41) is 0. The van der Waals surface area contributed by atoms with E-state index in [1.54, 1.807) is 7.11 Å². The second kappa shape index (κ2) is 5.52. The summed E-state index contributed by atoms with van der Waals surface area (Å²) in [4.78, 5) is 0. The van der Waals surface area contributed by atoms with Crippen molar-refractivity contribution in [1.82, 2.24) is 0 Å². The van der Waals surface area contributed by atoms with Gasteiger partial charge in [-0.15, -0.1) is 0 Å². The summed E-state index contributed by atoms with van der Waals surface area (Å²) in [6.07, 6.45) is 2.25. The van der Waals surface area contributed by atoms with Gasteiger partial charge in [-0.3, -0.25) is 0 Å². The van der Waals surface area contributed by atoms with Gasteiger partial charge in [0.1, 0.15) is 5.75 Å². The van der Waals surface area contributed by atoms with Crippen molar-refractivity contribution in [1.29, 1.82) is 0 Å². The highest BCUT2D eigenvalue weighted by Crippen LogP contribution is 2.32. The van der Waals surface area contributed by atoms with Crippen LogP contribution in [0.1, 0.15) is 38.5 Å². The van der Waals surface area contributed by atoms with Gasteiger partial charge in [-0.25, -0.2) is 0 Å². The summed E-state index contributed by atoms with van der Waals surface area (Å²) in [6, 6.07) is 7.86. The van der Waals surface area contributed by atoms with Crippen LogP contribution in [0.2, 0.25) is 0 Å². The minimum absolute atomic E-state index is 0.241. The fourth-order valence-corrected chi connectivity index (χ4v) is 2.11. The van der Waals surface area contributed by atoms with Gasteiger partial charge in [0.2, 0.25) is 0 Å². The third-order valence-corrected chi connectivity index (χ3v) is 3.09. The zero-order valence-electron chi connectivity index (χ0n) is 10.7. The van der Waals surface area contributed by atoms with Crippen LogP contribution >= 0.6 is 0 Å². The van der Waals surface area contributed by atoms with Crippen molar-refractivity contribution >= 4 is 0 Å². The summed E-state index contributed by atoms with van der Waals surface area (Å²) >= 11 is 0. The molecule has 1 saturated heterocycles. The van der Waals surface area contributed by atoms with Gasteiger partial charge in [-0.2, -0.15) is 0 Å². The van der Waals surface area contributed by atoms with Gasteiger partial charge < -0.3 is 14.2 Å². The van der Waals surface area contributed by atoms with Crippen LogP contribution in [0.15, 0.2) is 24.3 Å². The molecule has 0 N–H and O–H groups in total. The van der Waals surface area contributed by atoms with Crippen molar-refractivity contribution in [2.45, 2.75) is 45.2 Å². The molecule has 0 bridgehead atoms. The molecule has 0 spiro atoms. The van der Waals surface area contributed by atoms with Gasteiger partial charge in [-0.05, 0) is 31.9 Å². The first-order valence-electron chi connectivity index (χ1n) is 6.17. The smallest absolute Gasteiger partial charge is 0.184 e. The molecule has 2 rings (SSSR count). The number of hydrogen-bond donors (Lipinski definition) is 0. The normalized spacial score (nSPS) is 29.0. The van der Waals surface area contributed by atoms with Crippen LogP contribution in [0, 0.1) is 0 Å². The lowest BCUT2D eigenvalue weighted by Gasteiger charge is -2.34. The number of hydrogen-bond acceptors (Lipinski definition) is 3. The van der Waals surface area contributed by atoms with E-state index < -0.39 is 0 Å². The van der Waals surface area contributed by atoms with Gasteiger partial charge in [0.15, 0.2) is 6.29 Å². The third-order valence-electron chi connectivity index (χ3n) is 3.09. The number of methoxy groups -OCH3 is 1. The molecule has 0 saturated carbocycles. The maximum Gasteiger partial charge on any atom is 0.184 e. The van der Waals surface area contributed by atoms with Crippen LogP contribution < -0.4 is 4.74 Å². The van der Waals surface area contributed by atoms with E-state index in [2.05, 4.69) is 13.8 Å². The second-order valence-electron chi connectivity index (χ2n) is 4.46. The van der Waals surface area contributed by atoms with Gasteiger partial charge in [0.05, 0.1) is 19.3 Å². The fraction of sp³-hybridized carbons (Fsp3) is 0.571. The topological polar surface area (TPSA) is 27.7 Å². The largest absolute Gasteiger partial charge is 0.497 e. The molecule has 0 aromatic heterocycles. The first-order chi connectivity index (χ1) is 8.22. The fourth-order valence-electron chi connectivity index (χ4n) is 2.11. The molecule has 0 aliphatic carbocycles. The number of benzene rings is 1. The predicted octanol–water partition coefficient (Wildman–Crippen LogP) is 3.30. The Morgan fingerprint density at radius 3 is 2.88 bits per heavy atom. The van der Waals surface area contributed by atoms with Crippen LogP contribution in [0.25, 0.3) is 0 Å². The maximum absolute atomic E-state index is 5.91. The Bertz CT molecular complexity index is 364. The SMILES string of the molecule is CCC1CC(C)OC(c2cccc(OC)c2)O1. The predicted molar refractivity (Wildman–Crippen MR) is 66.1 cm³/mol. The first kappa shape index (κ1) is 12.4. The van der Waals surface area contributed by atoms with E-state index in [4.69, 9.17) is 14.2 Å². The van der Waals surface area contributed by atoms with Gasteiger partial charge >= 0.3 is 0 Å². The van der Waals surface area contributed by atoms with Crippen LogP contribution in [0.4, 0.5) is 0 Å². The van der Waals surface area contributed by atoms with E-state index in [0.29, 0.717) is 0 Å². The Morgan fingerprint density at radius 1 is 1.35 bits per heavy atom. The lowest BCUT2D eigenvalue weighted by Crippen LogP contribution is -2.31. The average molecular weight is 236 g/mol. The van der Waals surface area contributed by atoms with E-state index in [-0.39, 0.29) is 18.5 Å². The van der Waals surface area contributed by atoms with Gasteiger partial charge in [0, 0.05) is 5.56 Å². The van der Waals surface area contributed by atoms with Gasteiger partial charge in [-0.1, -0.05) is 19.1 Å². The van der Waals surface area contributed by atoms with Crippen molar-refractivity contribution in [2.75, 3.05) is 7.11 Å². The Balaban J connectivity index is 2.14. The molecule has 94 valence electrons. The lowest BCUT2D eigenvalue weighted by atomic mass is 10.1. The number of ether oxygens (including phenoxy) is 3. The monoisotopic (exact) mass is 236 g/mol. The van der Waals surface area contributed by atoms with E-state index in [9.17, 15) is 0 Å². The zero-order chi connectivity index (χ0) is 12.3. The quantitative estimate of drug-likeness (QED) is 0.806. The van der Waals surface area contributed by atoms with Crippen molar-refractivity contribution in [2.24, 2.45) is 0 Å². The molecule has 3 heteroatoms. The molecule has 1 heterocycles. The third kappa shape index (κ3) is 2.99. The summed E-state index contributed by atoms with van der Waals surface area (Å²) in [6.45, 7) is 4.24. The standard InChI is InChI=1S/C14H20O3/c1-4-12-8-10(2)16-14(17-12)11-6-5-7-13(9-11)15-3/h5-7,9-10,12,14H,4,8H2,1-3H3. The molecule has 17 heavy (non-hydrogen) atoms. The minimum Gasteiger partial charge on any atom is -0.497 e. The van der Waals surface area contributed by atoms with Crippen LogP contribution in [-0.4, -0.2) is 19.3 Å². The molecule has 3 nitrogen and oxygen atoms in total. The lowest BCUT2D eigenvalue weighted by molar-refractivity contribution is -0.243. The molecule has 0 radical (unpaired) electrons. The second-order valence-corrected chi connectivity index (χ2v) is 4.46. The molecular formula is C14H20O3. The summed E-state index contributed by atoms with van der Waals surface area (Å²) in [7, 11) is 1.67. The molecule has 1 aromatic carbocycles. The van der Waals surface area contributed by atoms with Crippen molar-refractivity contribution in [3.63, 3.8) is 0 Å². The van der Waals surface area contributed by atoms with E-state index in [0.717, 1.165) is 24.2 Å². The van der Waals surface area contributed by atoms with Crippen molar-refractivity contribution in [3.8, 4) is 5.75 Å². The highest BCUT2D eigenvalue weighted by molar-refractivity contribution is 5.29. The molecule has 1 aliphatic rings. The average Bonchev–Trinajstić information content (AvgIpc) is 2.38. The van der Waals surface area contributed by atoms with Crippen molar-refractivity contribution < 1.29 is 14.2 Å². The van der Waals surface area contributed by atoms with E-state index in [1.807, 2.05) is 24.3 Å². The molecule has 3 atom stereocenters. The minimum atomic E-state index is -0.265. The highest BCUT2D eigenvalue weighted by atomic mass is 16.7. The Kier molecular flexibility index (Phi) is 4.02. The highest BCUT2D eigenvalue weighted by Gasteiger charge is 2.27. The Labute approximate surface area is 103 Å². The van der Waals surface area contributed by atoms with Crippen LogP contribution in [0.3, 0.4) is 0 Å². The van der Waals surface area contributed by atoms with E-state index >= 15 is 0 Å². The first-order valence-corrected chi connectivity index (χ1v) is 6.17. The summed E-state index contributed by atoms with van der Waals surface area (Å²) in [5.41, 5.74) is 1.02. The molecule has 3 unspecified atom stereocenters.